The van der Waals surface area contributed by atoms with Gasteiger partial charge >= 0.3 is 0 Å². The van der Waals surface area contributed by atoms with Crippen LogP contribution in [0.2, 0.25) is 0 Å². The molecule has 0 fully saturated rings. The van der Waals surface area contributed by atoms with Gasteiger partial charge in [-0.3, -0.25) is 9.59 Å². The number of benzene rings is 3. The molecule has 2 aromatic heterocycles. The fourth-order valence-electron chi connectivity index (χ4n) is 12.8. The third-order valence-electron chi connectivity index (χ3n) is 16.5. The number of thiophene rings is 2. The summed E-state index contributed by atoms with van der Waals surface area (Å²) in [6, 6.07) is 30.9. The molecule has 0 radical (unpaired) electrons. The Labute approximate surface area is 447 Å². The minimum Gasteiger partial charge on any atom is -0.289 e. The van der Waals surface area contributed by atoms with Crippen molar-refractivity contribution in [1.29, 1.82) is 15.8 Å². The van der Waals surface area contributed by atoms with E-state index in [1.807, 2.05) is 48.6 Å². The zero-order valence-corrected chi connectivity index (χ0v) is 45.3. The van der Waals surface area contributed by atoms with Crippen molar-refractivity contribution < 1.29 is 9.59 Å². The fourth-order valence-corrected chi connectivity index (χ4v) is 15.3. The second-order valence-electron chi connectivity index (χ2n) is 20.9. The van der Waals surface area contributed by atoms with E-state index in [0.717, 1.165) is 112 Å². The lowest BCUT2D eigenvalue weighted by Gasteiger charge is -2.34. The fraction of sp³-hybridized carbons (Fsp3) is 0.394. The highest BCUT2D eigenvalue weighted by Gasteiger charge is 2.49. The molecular weight excluding hydrogens is 945 g/mol. The van der Waals surface area contributed by atoms with Gasteiger partial charge in [0.1, 0.15) is 17.7 Å². The van der Waals surface area contributed by atoms with E-state index in [-0.39, 0.29) is 33.7 Å². The van der Waals surface area contributed by atoms with Gasteiger partial charge in [0.05, 0.1) is 12.6 Å². The molecule has 2 heterocycles. The first-order valence-electron chi connectivity index (χ1n) is 27.5. The van der Waals surface area contributed by atoms with Crippen LogP contribution in [0.5, 0.6) is 0 Å². The van der Waals surface area contributed by atoms with Gasteiger partial charge in [0.25, 0.3) is 5.70 Å². The lowest BCUT2D eigenvalue weighted by atomic mass is 9.68. The summed E-state index contributed by atoms with van der Waals surface area (Å²) in [6.45, 7) is 17.0. The second kappa shape index (κ2) is 22.8. The summed E-state index contributed by atoms with van der Waals surface area (Å²) in [5, 5.41) is 30.6. The highest BCUT2D eigenvalue weighted by Crippen LogP contribution is 2.64. The molecule has 0 aliphatic heterocycles. The zero-order chi connectivity index (χ0) is 52.0. The summed E-state index contributed by atoms with van der Waals surface area (Å²) in [6.07, 6.45) is 26.3. The van der Waals surface area contributed by atoms with Gasteiger partial charge in [0.15, 0.2) is 11.6 Å². The number of carbonyl (C=O) groups is 2. The second-order valence-corrected chi connectivity index (χ2v) is 23.1. The number of allylic oxidation sites excluding steroid dienone is 6. The van der Waals surface area contributed by atoms with Gasteiger partial charge in [-0.15, -0.1) is 22.7 Å². The number of hydrogen-bond donors (Lipinski definition) is 0. The lowest BCUT2D eigenvalue weighted by molar-refractivity contribution is 0.103. The summed E-state index contributed by atoms with van der Waals surface area (Å²) in [4.78, 5) is 36.7. The predicted molar refractivity (Wildman–Crippen MR) is 304 cm³/mol. The van der Waals surface area contributed by atoms with Gasteiger partial charge in [0, 0.05) is 63.8 Å². The summed E-state index contributed by atoms with van der Waals surface area (Å²) < 4.78 is 0. The Morgan fingerprint density at radius 3 is 1.24 bits per heavy atom. The SMILES string of the molecule is [C-]#[N+]/C(C#N)=C1/C(=C/c2cc3c(s2)-c2cc4c(cc2C3(CCCCCC)CCCCCC)-c2sc(/C=C3\C(=O)c5ccccc5C3=C(C#N)C#N)cc2C4(CCCCCC)CCCCCC)C(=O)c2ccccc21. The normalized spacial score (nSPS) is 16.8. The first-order valence-corrected chi connectivity index (χ1v) is 29.1. The third kappa shape index (κ3) is 9.21. The van der Waals surface area contributed by atoms with Crippen LogP contribution in [0.15, 0.2) is 95.2 Å². The summed E-state index contributed by atoms with van der Waals surface area (Å²) in [7, 11) is 0. The van der Waals surface area contributed by atoms with E-state index < -0.39 is 0 Å². The molecule has 0 amide bonds. The van der Waals surface area contributed by atoms with E-state index in [2.05, 4.69) is 75.0 Å². The molecule has 0 spiro atoms. The molecule has 0 N–H and O–H groups in total. The minimum absolute atomic E-state index is 0.0473. The molecule has 6 nitrogen and oxygen atoms in total. The first kappa shape index (κ1) is 52.2. The Balaban J connectivity index is 1.28. The van der Waals surface area contributed by atoms with E-state index in [0.29, 0.717) is 44.5 Å². The molecule has 4 aliphatic rings. The Morgan fingerprint density at radius 1 is 0.500 bits per heavy atom. The number of fused-ring (bicyclic) bond motifs is 8. The number of rotatable bonds is 22. The van der Waals surface area contributed by atoms with Gasteiger partial charge in [0.2, 0.25) is 0 Å². The van der Waals surface area contributed by atoms with Crippen LogP contribution < -0.4 is 0 Å². The standard InChI is InChI=1S/C66H66N4O2S2/c1-6-10-14-22-30-65(31-23-15-11-7-2)54-39-51-55(38-50(54)63-56(65)36-44(73-63)34-52-59(43(40-67)41-68)46-26-18-20-28-48(46)61(52)71)66(32-24-16-12-8-3,33-25-17-13-9-4)57-37-45(74-64(51)57)35-53-60(58(42-69)70-5)47-27-19-21-29-49(47)62(53)72/h18-21,26-29,34-39H,6-17,22-25,30-33H2,1-4H3/b52-34-,53-35-,60-58+. The van der Waals surface area contributed by atoms with Crippen molar-refractivity contribution in [3.05, 3.63) is 161 Å². The zero-order valence-electron chi connectivity index (χ0n) is 43.6. The topological polar surface area (TPSA) is 110 Å². The maximum absolute atomic E-state index is 14.3. The molecule has 0 saturated carbocycles. The highest BCUT2D eigenvalue weighted by atomic mass is 32.1. The van der Waals surface area contributed by atoms with Crippen molar-refractivity contribution in [2.45, 2.75) is 167 Å². The van der Waals surface area contributed by atoms with Gasteiger partial charge in [-0.1, -0.05) is 179 Å². The molecule has 0 saturated heterocycles. The number of carbonyl (C=O) groups excluding carboxylic acids is 2. The van der Waals surface area contributed by atoms with Crippen LogP contribution in [-0.4, -0.2) is 11.6 Å². The van der Waals surface area contributed by atoms with E-state index >= 15 is 0 Å². The van der Waals surface area contributed by atoms with Crippen LogP contribution in [0.4, 0.5) is 0 Å². The molecule has 3 aromatic carbocycles. The van der Waals surface area contributed by atoms with Crippen LogP contribution in [0.3, 0.4) is 0 Å². The quantitative estimate of drug-likeness (QED) is 0.0297. The van der Waals surface area contributed by atoms with Gasteiger partial charge < -0.3 is 0 Å². The number of Topliss-reactive ketones (excluding diaryl/α,β-unsaturated/α-hetero) is 2. The number of ketones is 2. The maximum atomic E-state index is 14.3. The van der Waals surface area contributed by atoms with Crippen LogP contribution in [0.25, 0.3) is 49.0 Å². The third-order valence-corrected chi connectivity index (χ3v) is 18.7. The van der Waals surface area contributed by atoms with Crippen molar-refractivity contribution in [2.75, 3.05) is 0 Å². The summed E-state index contributed by atoms with van der Waals surface area (Å²) >= 11 is 3.50. The molecule has 0 unspecified atom stereocenters. The molecule has 5 aromatic rings. The molecular formula is C66H66N4O2S2. The average Bonchev–Trinajstić information content (AvgIpc) is 4.26. The van der Waals surface area contributed by atoms with Crippen molar-refractivity contribution in [1.82, 2.24) is 0 Å². The predicted octanol–water partition coefficient (Wildman–Crippen LogP) is 18.7. The molecule has 374 valence electrons. The Morgan fingerprint density at radius 2 is 0.878 bits per heavy atom. The van der Waals surface area contributed by atoms with Crippen LogP contribution in [0, 0.1) is 40.6 Å². The maximum Gasteiger partial charge on any atom is 0.270 e. The van der Waals surface area contributed by atoms with E-state index in [9.17, 15) is 25.4 Å². The molecule has 4 aliphatic carbocycles. The number of unbranched alkanes of at least 4 members (excludes halogenated alkanes) is 12. The van der Waals surface area contributed by atoms with Crippen molar-refractivity contribution in [2.24, 2.45) is 0 Å². The van der Waals surface area contributed by atoms with Crippen LogP contribution in [-0.2, 0) is 10.8 Å². The van der Waals surface area contributed by atoms with Crippen molar-refractivity contribution in [3.63, 3.8) is 0 Å². The molecule has 0 bridgehead atoms. The van der Waals surface area contributed by atoms with Crippen LogP contribution >= 0.6 is 22.7 Å². The molecule has 0 atom stereocenters. The lowest BCUT2D eigenvalue weighted by Crippen LogP contribution is -2.27. The average molecular weight is 1010 g/mol. The van der Waals surface area contributed by atoms with Gasteiger partial charge in [-0.2, -0.15) is 10.5 Å². The van der Waals surface area contributed by atoms with Crippen molar-refractivity contribution in [3.8, 4) is 39.1 Å². The Hall–Kier alpha value is -6.68. The smallest absolute Gasteiger partial charge is 0.270 e. The number of nitriles is 3. The van der Waals surface area contributed by atoms with Gasteiger partial charge in [-0.25, -0.2) is 10.1 Å². The van der Waals surface area contributed by atoms with Gasteiger partial charge in [-0.05, 0) is 107 Å². The highest BCUT2D eigenvalue weighted by molar-refractivity contribution is 7.17. The van der Waals surface area contributed by atoms with E-state index in [1.165, 1.54) is 68.8 Å². The van der Waals surface area contributed by atoms with Crippen molar-refractivity contribution >= 4 is 57.5 Å². The van der Waals surface area contributed by atoms with Crippen LogP contribution in [0.1, 0.15) is 220 Å². The molecule has 74 heavy (non-hydrogen) atoms. The Bertz CT molecular complexity index is 3060. The number of nitrogens with zero attached hydrogens (tertiary/aromatic N) is 4. The number of hydrogen-bond acceptors (Lipinski definition) is 7. The summed E-state index contributed by atoms with van der Waals surface area (Å²) in [5.74, 6) is -0.301. The van der Waals surface area contributed by atoms with E-state index in [1.54, 1.807) is 34.8 Å². The minimum atomic E-state index is -0.259. The Kier molecular flexibility index (Phi) is 16.1. The molecule has 8 heteroatoms. The first-order chi connectivity index (χ1) is 36.2. The molecule has 9 rings (SSSR count). The monoisotopic (exact) mass is 1010 g/mol. The summed E-state index contributed by atoms with van der Waals surface area (Å²) in [5.41, 5.74) is 11.5. The van der Waals surface area contributed by atoms with E-state index in [4.69, 9.17) is 6.57 Å². The largest absolute Gasteiger partial charge is 0.289 e.